The quantitative estimate of drug-likeness (QED) is 0.663. The van der Waals surface area contributed by atoms with Crippen LogP contribution >= 0.6 is 11.3 Å². The summed E-state index contributed by atoms with van der Waals surface area (Å²) in [7, 11) is 0. The van der Waals surface area contributed by atoms with Crippen LogP contribution in [0.5, 0.6) is 0 Å². The molecule has 0 bridgehead atoms. The fraction of sp³-hybridized carbons (Fsp3) is 0.125. The molecule has 0 unspecified atom stereocenters. The summed E-state index contributed by atoms with van der Waals surface area (Å²) in [6, 6.07) is 1.45. The molecule has 2 aromatic heterocycles. The summed E-state index contributed by atoms with van der Waals surface area (Å²) in [6.45, 7) is 0. The van der Waals surface area contributed by atoms with Crippen LogP contribution in [0.2, 0.25) is 0 Å². The lowest BCUT2D eigenvalue weighted by molar-refractivity contribution is -0.0458. The first-order valence-electron chi connectivity index (χ1n) is 4.10. The van der Waals surface area contributed by atoms with Crippen LogP contribution in [0.3, 0.4) is 0 Å². The minimum atomic E-state index is -1.59. The normalized spacial score (nSPS) is 10.6. The molecule has 0 radical (unpaired) electrons. The van der Waals surface area contributed by atoms with Gasteiger partial charge in [0.05, 0.1) is 0 Å². The van der Waals surface area contributed by atoms with Crippen molar-refractivity contribution in [1.29, 1.82) is 0 Å². The Hall–Kier alpha value is -1.57. The summed E-state index contributed by atoms with van der Waals surface area (Å²) >= 11 is 1.42. The third-order valence-electron chi connectivity index (χ3n) is 1.62. The third kappa shape index (κ3) is 2.46. The zero-order valence-electron chi connectivity index (χ0n) is 7.53. The van der Waals surface area contributed by atoms with Crippen LogP contribution in [0, 0.1) is 0 Å². The number of thiazole rings is 1. The molecule has 78 valence electrons. The zero-order valence-corrected chi connectivity index (χ0v) is 8.35. The Morgan fingerprint density at radius 3 is 2.80 bits per heavy atom. The van der Waals surface area contributed by atoms with E-state index >= 15 is 0 Å². The Labute approximate surface area is 89.3 Å². The fourth-order valence-corrected chi connectivity index (χ4v) is 1.51. The van der Waals surface area contributed by atoms with Gasteiger partial charge in [0.15, 0.2) is 11.4 Å². The second kappa shape index (κ2) is 4.30. The van der Waals surface area contributed by atoms with Crippen molar-refractivity contribution in [3.05, 3.63) is 29.7 Å². The standard InChI is InChI=1S/C8H8N4O2S/c13-7(14)5-3-6(11-4-10-5)12-8-9-1-2-15-8/h1-4,7,13-14H,(H,9,10,11,12). The lowest BCUT2D eigenvalue weighted by Gasteiger charge is -2.04. The first kappa shape index (κ1) is 9.97. The number of anilines is 2. The molecule has 7 heteroatoms. The average molecular weight is 224 g/mol. The largest absolute Gasteiger partial charge is 0.363 e. The van der Waals surface area contributed by atoms with Crippen LogP contribution in [-0.2, 0) is 0 Å². The Kier molecular flexibility index (Phi) is 2.86. The van der Waals surface area contributed by atoms with Gasteiger partial charge in [0.2, 0.25) is 0 Å². The van der Waals surface area contributed by atoms with E-state index in [2.05, 4.69) is 20.3 Å². The Morgan fingerprint density at radius 2 is 2.13 bits per heavy atom. The van der Waals surface area contributed by atoms with Gasteiger partial charge in [-0.2, -0.15) is 0 Å². The number of nitrogens with one attached hydrogen (secondary N) is 1. The van der Waals surface area contributed by atoms with E-state index in [1.54, 1.807) is 6.20 Å². The number of hydrogen-bond acceptors (Lipinski definition) is 7. The topological polar surface area (TPSA) is 91.2 Å². The minimum absolute atomic E-state index is 0.143. The predicted molar refractivity (Wildman–Crippen MR) is 54.6 cm³/mol. The molecule has 0 saturated carbocycles. The van der Waals surface area contributed by atoms with E-state index in [1.807, 2.05) is 5.38 Å². The maximum absolute atomic E-state index is 8.90. The summed E-state index contributed by atoms with van der Waals surface area (Å²) in [6.07, 6.45) is 1.32. The molecule has 2 heterocycles. The van der Waals surface area contributed by atoms with E-state index < -0.39 is 6.29 Å². The number of aliphatic hydroxyl groups excluding tert-OH is 1. The average Bonchev–Trinajstić information content (AvgIpc) is 2.71. The van der Waals surface area contributed by atoms with Crippen molar-refractivity contribution in [2.45, 2.75) is 6.29 Å². The number of aliphatic hydroxyl groups is 2. The predicted octanol–water partition coefficient (Wildman–Crippen LogP) is 0.660. The third-order valence-corrected chi connectivity index (χ3v) is 2.31. The summed E-state index contributed by atoms with van der Waals surface area (Å²) in [5, 5.41) is 23.2. The number of aromatic nitrogens is 3. The number of hydrogen-bond donors (Lipinski definition) is 3. The molecule has 2 aromatic rings. The van der Waals surface area contributed by atoms with E-state index in [-0.39, 0.29) is 5.69 Å². The highest BCUT2D eigenvalue weighted by Crippen LogP contribution is 2.17. The van der Waals surface area contributed by atoms with Crippen molar-refractivity contribution in [3.63, 3.8) is 0 Å². The first-order chi connectivity index (χ1) is 7.25. The maximum atomic E-state index is 8.90. The van der Waals surface area contributed by atoms with Crippen molar-refractivity contribution in [3.8, 4) is 0 Å². The Bertz CT molecular complexity index is 432. The molecule has 0 aromatic carbocycles. The molecule has 0 aliphatic rings. The van der Waals surface area contributed by atoms with Crippen molar-refractivity contribution >= 4 is 22.3 Å². The van der Waals surface area contributed by atoms with E-state index in [0.29, 0.717) is 10.9 Å². The van der Waals surface area contributed by atoms with Crippen molar-refractivity contribution in [2.75, 3.05) is 5.32 Å². The highest BCUT2D eigenvalue weighted by Gasteiger charge is 2.06. The molecule has 0 spiro atoms. The zero-order chi connectivity index (χ0) is 10.7. The summed E-state index contributed by atoms with van der Waals surface area (Å²) in [5.74, 6) is 0.475. The minimum Gasteiger partial charge on any atom is -0.363 e. The molecular weight excluding hydrogens is 216 g/mol. The van der Waals surface area contributed by atoms with Crippen LogP contribution < -0.4 is 5.32 Å². The van der Waals surface area contributed by atoms with Crippen molar-refractivity contribution < 1.29 is 10.2 Å². The highest BCUT2D eigenvalue weighted by atomic mass is 32.1. The first-order valence-corrected chi connectivity index (χ1v) is 4.98. The smallest absolute Gasteiger partial charge is 0.196 e. The molecule has 3 N–H and O–H groups in total. The molecule has 15 heavy (non-hydrogen) atoms. The summed E-state index contributed by atoms with van der Waals surface area (Å²) in [4.78, 5) is 11.6. The van der Waals surface area contributed by atoms with Crippen LogP contribution in [0.25, 0.3) is 0 Å². The van der Waals surface area contributed by atoms with E-state index in [9.17, 15) is 0 Å². The summed E-state index contributed by atoms with van der Waals surface area (Å²) < 4.78 is 0. The molecule has 0 atom stereocenters. The van der Waals surface area contributed by atoms with Gasteiger partial charge >= 0.3 is 0 Å². The van der Waals surface area contributed by atoms with Gasteiger partial charge in [0.25, 0.3) is 0 Å². The molecule has 0 saturated heterocycles. The van der Waals surface area contributed by atoms with Crippen molar-refractivity contribution in [1.82, 2.24) is 15.0 Å². The van der Waals surface area contributed by atoms with E-state index in [1.165, 1.54) is 23.7 Å². The lowest BCUT2D eigenvalue weighted by Crippen LogP contribution is -2.01. The molecule has 0 aliphatic carbocycles. The van der Waals surface area contributed by atoms with Gasteiger partial charge in [0, 0.05) is 17.6 Å². The molecule has 0 fully saturated rings. The van der Waals surface area contributed by atoms with Gasteiger partial charge in [-0.05, 0) is 0 Å². The molecule has 2 rings (SSSR count). The Balaban J connectivity index is 2.18. The highest BCUT2D eigenvalue weighted by molar-refractivity contribution is 7.13. The monoisotopic (exact) mass is 224 g/mol. The van der Waals surface area contributed by atoms with Gasteiger partial charge in [0.1, 0.15) is 17.8 Å². The number of nitrogens with zero attached hydrogens (tertiary/aromatic N) is 3. The van der Waals surface area contributed by atoms with Gasteiger partial charge in [-0.25, -0.2) is 15.0 Å². The SMILES string of the molecule is OC(O)c1cc(Nc2nccs2)ncn1. The van der Waals surface area contributed by atoms with E-state index in [4.69, 9.17) is 10.2 Å². The van der Waals surface area contributed by atoms with E-state index in [0.717, 1.165) is 0 Å². The molecule has 6 nitrogen and oxygen atoms in total. The van der Waals surface area contributed by atoms with Crippen molar-refractivity contribution in [2.24, 2.45) is 0 Å². The van der Waals surface area contributed by atoms with Crippen LogP contribution in [0.1, 0.15) is 12.0 Å². The molecule has 0 amide bonds. The van der Waals surface area contributed by atoms with Crippen LogP contribution in [-0.4, -0.2) is 25.2 Å². The summed E-state index contributed by atoms with van der Waals surface area (Å²) in [5.41, 5.74) is 0.143. The molecular formula is C8H8N4O2S. The fourth-order valence-electron chi connectivity index (χ4n) is 0.977. The van der Waals surface area contributed by atoms with Crippen LogP contribution in [0.15, 0.2) is 24.0 Å². The van der Waals surface area contributed by atoms with Gasteiger partial charge in [-0.1, -0.05) is 0 Å². The van der Waals surface area contributed by atoms with Gasteiger partial charge in [-0.15, -0.1) is 11.3 Å². The molecule has 0 aliphatic heterocycles. The maximum Gasteiger partial charge on any atom is 0.196 e. The lowest BCUT2D eigenvalue weighted by atomic mass is 10.4. The van der Waals surface area contributed by atoms with Gasteiger partial charge in [-0.3, -0.25) is 0 Å². The second-order valence-electron chi connectivity index (χ2n) is 2.66. The van der Waals surface area contributed by atoms with Gasteiger partial charge < -0.3 is 15.5 Å². The number of rotatable bonds is 3. The van der Waals surface area contributed by atoms with Crippen LogP contribution in [0.4, 0.5) is 10.9 Å². The Morgan fingerprint density at radius 1 is 1.27 bits per heavy atom. The second-order valence-corrected chi connectivity index (χ2v) is 3.56.